The van der Waals surface area contributed by atoms with Crippen LogP contribution in [0.4, 0.5) is 16.2 Å². The third-order valence-corrected chi connectivity index (χ3v) is 4.93. The predicted molar refractivity (Wildman–Crippen MR) is 110 cm³/mol. The smallest absolute Gasteiger partial charge is 0.338 e. The Morgan fingerprint density at radius 3 is 2.47 bits per heavy atom. The Labute approximate surface area is 175 Å². The number of rotatable bonds is 7. The number of anilines is 1. The monoisotopic (exact) mass is 420 g/mol. The second-order valence-corrected chi connectivity index (χ2v) is 7.27. The van der Waals surface area contributed by atoms with E-state index in [1.165, 1.54) is 6.07 Å². The maximum Gasteiger partial charge on any atom is 0.338 e. The molecule has 30 heavy (non-hydrogen) atoms. The van der Waals surface area contributed by atoms with Crippen molar-refractivity contribution in [1.82, 2.24) is 10.6 Å². The highest BCUT2D eigenvalue weighted by Gasteiger charge is 2.23. The molecule has 164 valence electrons. The maximum atomic E-state index is 12.2. The molecular weight excluding hydrogens is 392 g/mol. The van der Waals surface area contributed by atoms with Gasteiger partial charge in [-0.25, -0.2) is 9.59 Å². The summed E-state index contributed by atoms with van der Waals surface area (Å²) in [4.78, 5) is 48.6. The molecule has 1 aromatic rings. The Kier molecular flexibility index (Phi) is 8.57. The number of ether oxygens (including phenoxy) is 1. The lowest BCUT2D eigenvalue weighted by Crippen LogP contribution is -2.44. The number of amides is 3. The van der Waals surface area contributed by atoms with Gasteiger partial charge in [-0.05, 0) is 38.3 Å². The molecule has 3 amide bonds. The third kappa shape index (κ3) is 6.71. The average molecular weight is 420 g/mol. The largest absolute Gasteiger partial charge is 0.452 e. The normalized spacial score (nSPS) is 14.9. The van der Waals surface area contributed by atoms with Crippen LogP contribution in [0.15, 0.2) is 18.2 Å². The van der Waals surface area contributed by atoms with Crippen molar-refractivity contribution in [2.24, 2.45) is 0 Å². The van der Waals surface area contributed by atoms with Gasteiger partial charge in [-0.15, -0.1) is 0 Å². The molecule has 1 aliphatic heterocycles. The van der Waals surface area contributed by atoms with E-state index >= 15 is 0 Å². The van der Waals surface area contributed by atoms with Crippen LogP contribution in [0.25, 0.3) is 0 Å². The Hall–Kier alpha value is -3.17. The van der Waals surface area contributed by atoms with Gasteiger partial charge in [0.25, 0.3) is 11.6 Å². The fourth-order valence-corrected chi connectivity index (χ4v) is 3.11. The molecule has 1 atom stereocenters. The Morgan fingerprint density at radius 2 is 1.87 bits per heavy atom. The van der Waals surface area contributed by atoms with Crippen molar-refractivity contribution in [2.75, 3.05) is 24.6 Å². The standard InChI is InChI=1S/C20H28N4O6/c1-3-14(2)21-20(27)22-18(25)13-30-19(26)15-8-9-16(17(12-15)24(28)29)23-10-6-4-5-7-11-23/h8-9,12,14H,3-7,10-11,13H2,1-2H3,(H2,21,22,25,27)/t14-/m1/s1. The van der Waals surface area contributed by atoms with Crippen molar-refractivity contribution >= 4 is 29.3 Å². The van der Waals surface area contributed by atoms with Gasteiger partial charge >= 0.3 is 12.0 Å². The number of esters is 1. The molecule has 10 nitrogen and oxygen atoms in total. The molecule has 1 saturated heterocycles. The molecule has 1 fully saturated rings. The zero-order valence-corrected chi connectivity index (χ0v) is 17.3. The summed E-state index contributed by atoms with van der Waals surface area (Å²) in [6.07, 6.45) is 4.79. The molecule has 0 radical (unpaired) electrons. The fraction of sp³-hybridized carbons (Fsp3) is 0.550. The predicted octanol–water partition coefficient (Wildman–Crippen LogP) is 2.76. The van der Waals surface area contributed by atoms with Crippen LogP contribution >= 0.6 is 0 Å². The summed E-state index contributed by atoms with van der Waals surface area (Å²) in [5, 5.41) is 16.2. The van der Waals surface area contributed by atoms with E-state index in [2.05, 4.69) is 10.6 Å². The van der Waals surface area contributed by atoms with Crippen molar-refractivity contribution < 1.29 is 24.0 Å². The molecule has 10 heteroatoms. The van der Waals surface area contributed by atoms with E-state index in [0.29, 0.717) is 12.1 Å². The van der Waals surface area contributed by atoms with Gasteiger partial charge in [-0.2, -0.15) is 0 Å². The Bertz CT molecular complexity index is 790. The van der Waals surface area contributed by atoms with E-state index in [-0.39, 0.29) is 17.3 Å². The Morgan fingerprint density at radius 1 is 1.20 bits per heavy atom. The van der Waals surface area contributed by atoms with Crippen LogP contribution in [0.1, 0.15) is 56.3 Å². The first-order valence-electron chi connectivity index (χ1n) is 10.1. The second kappa shape index (κ2) is 11.1. The van der Waals surface area contributed by atoms with E-state index in [9.17, 15) is 24.5 Å². The SMILES string of the molecule is CC[C@@H](C)NC(=O)NC(=O)COC(=O)c1ccc(N2CCCCCC2)c([N+](=O)[O-])c1. The molecule has 0 bridgehead atoms. The summed E-state index contributed by atoms with van der Waals surface area (Å²) in [6, 6.07) is 3.37. The number of nitro groups is 1. The zero-order chi connectivity index (χ0) is 22.1. The summed E-state index contributed by atoms with van der Waals surface area (Å²) < 4.78 is 4.89. The number of nitrogens with zero attached hydrogens (tertiary/aromatic N) is 2. The van der Waals surface area contributed by atoms with Crippen LogP contribution in [0.5, 0.6) is 0 Å². The molecule has 1 aromatic carbocycles. The second-order valence-electron chi connectivity index (χ2n) is 7.27. The lowest BCUT2D eigenvalue weighted by molar-refractivity contribution is -0.384. The van der Waals surface area contributed by atoms with Crippen LogP contribution in [-0.2, 0) is 9.53 Å². The zero-order valence-electron chi connectivity index (χ0n) is 17.3. The molecule has 0 unspecified atom stereocenters. The highest BCUT2D eigenvalue weighted by atomic mass is 16.6. The fourth-order valence-electron chi connectivity index (χ4n) is 3.11. The molecule has 1 aliphatic rings. The van der Waals surface area contributed by atoms with E-state index in [1.54, 1.807) is 13.0 Å². The molecular formula is C20H28N4O6. The highest BCUT2D eigenvalue weighted by molar-refractivity contribution is 5.97. The number of nitrogens with one attached hydrogen (secondary N) is 2. The summed E-state index contributed by atoms with van der Waals surface area (Å²) >= 11 is 0. The minimum absolute atomic E-state index is 0.0304. The van der Waals surface area contributed by atoms with Gasteiger partial charge in [0.1, 0.15) is 5.69 Å². The van der Waals surface area contributed by atoms with Crippen molar-refractivity contribution in [3.8, 4) is 0 Å². The van der Waals surface area contributed by atoms with Crippen LogP contribution in [0.2, 0.25) is 0 Å². The van der Waals surface area contributed by atoms with Crippen molar-refractivity contribution in [3.05, 3.63) is 33.9 Å². The van der Waals surface area contributed by atoms with E-state index < -0.39 is 29.4 Å². The van der Waals surface area contributed by atoms with Crippen LogP contribution in [0, 0.1) is 10.1 Å². The summed E-state index contributed by atoms with van der Waals surface area (Å²) in [7, 11) is 0. The van der Waals surface area contributed by atoms with Crippen LogP contribution in [-0.4, -0.2) is 48.6 Å². The van der Waals surface area contributed by atoms with Crippen molar-refractivity contribution in [2.45, 2.75) is 52.0 Å². The molecule has 0 aromatic heterocycles. The minimum Gasteiger partial charge on any atom is -0.452 e. The number of hydrogen-bond donors (Lipinski definition) is 2. The number of carbonyl (C=O) groups excluding carboxylic acids is 3. The summed E-state index contributed by atoms with van der Waals surface area (Å²) in [5.74, 6) is -1.67. The minimum atomic E-state index is -0.877. The maximum absolute atomic E-state index is 12.2. The molecule has 2 N–H and O–H groups in total. The number of urea groups is 1. The van der Waals surface area contributed by atoms with E-state index in [1.807, 2.05) is 11.8 Å². The lowest BCUT2D eigenvalue weighted by Gasteiger charge is -2.22. The van der Waals surface area contributed by atoms with Gasteiger partial charge in [-0.1, -0.05) is 19.8 Å². The van der Waals surface area contributed by atoms with Gasteiger partial charge in [0.15, 0.2) is 6.61 Å². The molecule has 0 aliphatic carbocycles. The number of imide groups is 1. The number of carbonyl (C=O) groups is 3. The Balaban J connectivity index is 2.00. The molecule has 2 rings (SSSR count). The van der Waals surface area contributed by atoms with Crippen molar-refractivity contribution in [3.63, 3.8) is 0 Å². The summed E-state index contributed by atoms with van der Waals surface area (Å²) in [5.41, 5.74) is 0.263. The molecule has 0 spiro atoms. The molecule has 0 saturated carbocycles. The van der Waals surface area contributed by atoms with Gasteiger partial charge in [0.05, 0.1) is 10.5 Å². The summed E-state index contributed by atoms with van der Waals surface area (Å²) in [6.45, 7) is 4.44. The topological polar surface area (TPSA) is 131 Å². The van der Waals surface area contributed by atoms with Crippen LogP contribution < -0.4 is 15.5 Å². The molecule has 1 heterocycles. The van der Waals surface area contributed by atoms with E-state index in [4.69, 9.17) is 4.74 Å². The first-order valence-corrected chi connectivity index (χ1v) is 10.1. The van der Waals surface area contributed by atoms with Gasteiger partial charge in [0.2, 0.25) is 0 Å². The van der Waals surface area contributed by atoms with Gasteiger partial charge < -0.3 is 15.0 Å². The number of hydrogen-bond acceptors (Lipinski definition) is 7. The van der Waals surface area contributed by atoms with Crippen molar-refractivity contribution in [1.29, 1.82) is 0 Å². The average Bonchev–Trinajstić information content (AvgIpc) is 3.00. The number of benzene rings is 1. The lowest BCUT2D eigenvalue weighted by atomic mass is 10.1. The van der Waals surface area contributed by atoms with Crippen LogP contribution in [0.3, 0.4) is 0 Å². The number of nitro benzene ring substituents is 1. The van der Waals surface area contributed by atoms with E-state index in [0.717, 1.165) is 44.8 Å². The van der Waals surface area contributed by atoms with Gasteiger partial charge in [0, 0.05) is 25.2 Å². The van der Waals surface area contributed by atoms with Gasteiger partial charge in [-0.3, -0.25) is 20.2 Å². The first-order chi connectivity index (χ1) is 14.3. The highest BCUT2D eigenvalue weighted by Crippen LogP contribution is 2.31. The quantitative estimate of drug-likeness (QED) is 0.394. The first kappa shape index (κ1) is 23.1. The third-order valence-electron chi connectivity index (χ3n) is 4.93.